The zero-order valence-corrected chi connectivity index (χ0v) is 17.8. The number of hydrogen-bond donors (Lipinski definition) is 2. The largest absolute Gasteiger partial charge is 0.481 e. The molecule has 7 nitrogen and oxygen atoms in total. The van der Waals surface area contributed by atoms with E-state index in [-0.39, 0.29) is 19.1 Å². The van der Waals surface area contributed by atoms with Crippen molar-refractivity contribution < 1.29 is 23.8 Å². The molecule has 0 saturated heterocycles. The molecule has 156 valence electrons. The number of oxazole rings is 1. The smallest absolute Gasteiger partial charge is 0.307 e. The Morgan fingerprint density at radius 1 is 1.06 bits per heavy atom. The Morgan fingerprint density at radius 3 is 2.65 bits per heavy atom. The van der Waals surface area contributed by atoms with Crippen LogP contribution < -0.4 is 10.1 Å². The number of aliphatic carboxylic acids is 1. The molecule has 0 aliphatic rings. The third-order valence-electron chi connectivity index (χ3n) is 4.47. The molecule has 2 N–H and O–H groups in total. The molecule has 0 atom stereocenters. The zero-order chi connectivity index (χ0) is 21.8. The maximum atomic E-state index is 12.2. The minimum Gasteiger partial charge on any atom is -0.481 e. The van der Waals surface area contributed by atoms with Crippen molar-refractivity contribution in [1.82, 2.24) is 10.3 Å². The first-order valence-electron chi connectivity index (χ1n) is 9.36. The van der Waals surface area contributed by atoms with Crippen LogP contribution in [0.2, 0.25) is 0 Å². The Bertz CT molecular complexity index is 1250. The van der Waals surface area contributed by atoms with Gasteiger partial charge in [0, 0.05) is 15.6 Å². The number of carbonyl (C=O) groups excluding carboxylic acids is 1. The Hall–Kier alpha value is -3.65. The van der Waals surface area contributed by atoms with Crippen LogP contribution in [0.5, 0.6) is 5.75 Å². The van der Waals surface area contributed by atoms with Crippen LogP contribution in [0.25, 0.3) is 22.6 Å². The standard InChI is InChI=1S/C23H17BrN2O5/c24-17-7-5-15(6-8-17)22(29)25-13-30-18-3-1-2-16(12-18)23-26-19-10-14(11-21(27)28)4-9-20(19)31-23/h1-10,12H,11,13H2,(H,25,29)(H,27,28). The Morgan fingerprint density at radius 2 is 1.87 bits per heavy atom. The van der Waals surface area contributed by atoms with Crippen molar-refractivity contribution in [3.8, 4) is 17.2 Å². The van der Waals surface area contributed by atoms with Gasteiger partial charge in [0.2, 0.25) is 5.89 Å². The van der Waals surface area contributed by atoms with E-state index in [1.165, 1.54) is 0 Å². The minimum absolute atomic E-state index is 0.00442. The lowest BCUT2D eigenvalue weighted by molar-refractivity contribution is -0.136. The number of fused-ring (bicyclic) bond motifs is 1. The topological polar surface area (TPSA) is 102 Å². The summed E-state index contributed by atoms with van der Waals surface area (Å²) in [5.74, 6) is -0.200. The summed E-state index contributed by atoms with van der Waals surface area (Å²) in [4.78, 5) is 27.5. The maximum Gasteiger partial charge on any atom is 0.307 e. The number of carboxylic acid groups (broad SMARTS) is 1. The highest BCUT2D eigenvalue weighted by Crippen LogP contribution is 2.27. The lowest BCUT2D eigenvalue weighted by Gasteiger charge is -2.09. The van der Waals surface area contributed by atoms with Gasteiger partial charge in [0.1, 0.15) is 11.3 Å². The van der Waals surface area contributed by atoms with Crippen LogP contribution in [-0.2, 0) is 11.2 Å². The highest BCUT2D eigenvalue weighted by molar-refractivity contribution is 9.10. The molecular weight excluding hydrogens is 464 g/mol. The van der Waals surface area contributed by atoms with Crippen LogP contribution in [0, 0.1) is 0 Å². The fraction of sp³-hybridized carbons (Fsp3) is 0.0870. The highest BCUT2D eigenvalue weighted by Gasteiger charge is 2.11. The van der Waals surface area contributed by atoms with E-state index >= 15 is 0 Å². The Balaban J connectivity index is 1.43. The predicted molar refractivity (Wildman–Crippen MR) is 118 cm³/mol. The Kier molecular flexibility index (Phi) is 5.99. The van der Waals surface area contributed by atoms with Crippen LogP contribution in [0.1, 0.15) is 15.9 Å². The van der Waals surface area contributed by atoms with E-state index in [2.05, 4.69) is 26.2 Å². The Labute approximate surface area is 185 Å². The van der Waals surface area contributed by atoms with Crippen molar-refractivity contribution >= 4 is 38.9 Å². The normalized spacial score (nSPS) is 10.7. The molecule has 4 aromatic rings. The SMILES string of the molecule is O=C(O)Cc1ccc2oc(-c3cccc(OCNC(=O)c4ccc(Br)cc4)c3)nc2c1. The van der Waals surface area contributed by atoms with Gasteiger partial charge < -0.3 is 19.6 Å². The fourth-order valence-electron chi connectivity index (χ4n) is 2.99. The second kappa shape index (κ2) is 9.01. The first-order valence-corrected chi connectivity index (χ1v) is 10.2. The van der Waals surface area contributed by atoms with Crippen LogP contribution in [0.15, 0.2) is 75.6 Å². The number of nitrogens with zero attached hydrogens (tertiary/aromatic N) is 1. The number of ether oxygens (including phenoxy) is 1. The van der Waals surface area contributed by atoms with Gasteiger partial charge in [-0.1, -0.05) is 28.1 Å². The van der Waals surface area contributed by atoms with Crippen molar-refractivity contribution in [1.29, 1.82) is 0 Å². The summed E-state index contributed by atoms with van der Waals surface area (Å²) in [6.07, 6.45) is -0.0760. The van der Waals surface area contributed by atoms with Gasteiger partial charge in [0.25, 0.3) is 5.91 Å². The van der Waals surface area contributed by atoms with E-state index in [4.69, 9.17) is 14.3 Å². The van der Waals surface area contributed by atoms with Crippen LogP contribution in [0.4, 0.5) is 0 Å². The third-order valence-corrected chi connectivity index (χ3v) is 4.99. The highest BCUT2D eigenvalue weighted by atomic mass is 79.9. The molecule has 1 heterocycles. The number of aromatic nitrogens is 1. The van der Waals surface area contributed by atoms with Gasteiger partial charge in [0.05, 0.1) is 6.42 Å². The van der Waals surface area contributed by atoms with E-state index in [1.54, 1.807) is 60.7 Å². The van der Waals surface area contributed by atoms with Crippen LogP contribution >= 0.6 is 15.9 Å². The monoisotopic (exact) mass is 480 g/mol. The average Bonchev–Trinajstić information content (AvgIpc) is 3.17. The number of halogens is 1. The van der Waals surface area contributed by atoms with E-state index in [1.807, 2.05) is 6.07 Å². The first-order chi connectivity index (χ1) is 15.0. The van der Waals surface area contributed by atoms with Crippen molar-refractivity contribution in [3.63, 3.8) is 0 Å². The first kappa shape index (κ1) is 20.6. The van der Waals surface area contributed by atoms with Crippen molar-refractivity contribution in [2.75, 3.05) is 6.73 Å². The van der Waals surface area contributed by atoms with Crippen LogP contribution in [0.3, 0.4) is 0 Å². The second-order valence-electron chi connectivity index (χ2n) is 6.72. The van der Waals surface area contributed by atoms with Gasteiger partial charge >= 0.3 is 5.97 Å². The van der Waals surface area contributed by atoms with E-state index in [0.717, 1.165) is 4.47 Å². The number of rotatable bonds is 7. The van der Waals surface area contributed by atoms with Gasteiger partial charge in [-0.25, -0.2) is 4.98 Å². The number of amides is 1. The quantitative estimate of drug-likeness (QED) is 0.373. The minimum atomic E-state index is -0.903. The van der Waals surface area contributed by atoms with Crippen LogP contribution in [-0.4, -0.2) is 28.7 Å². The fourth-order valence-corrected chi connectivity index (χ4v) is 3.25. The number of benzene rings is 3. The molecule has 0 aliphatic heterocycles. The van der Waals surface area contributed by atoms with Gasteiger partial charge in [-0.05, 0) is 60.2 Å². The molecule has 0 saturated carbocycles. The summed E-state index contributed by atoms with van der Waals surface area (Å²) >= 11 is 3.33. The second-order valence-corrected chi connectivity index (χ2v) is 7.64. The van der Waals surface area contributed by atoms with Gasteiger partial charge in [0.15, 0.2) is 12.3 Å². The van der Waals surface area contributed by atoms with Gasteiger partial charge in [-0.15, -0.1) is 0 Å². The van der Waals surface area contributed by atoms with Gasteiger partial charge in [-0.2, -0.15) is 0 Å². The molecule has 0 radical (unpaired) electrons. The molecule has 3 aromatic carbocycles. The zero-order valence-electron chi connectivity index (χ0n) is 16.2. The summed E-state index contributed by atoms with van der Waals surface area (Å²) in [7, 11) is 0. The molecule has 1 amide bonds. The van der Waals surface area contributed by atoms with Crippen molar-refractivity contribution in [2.45, 2.75) is 6.42 Å². The number of carbonyl (C=O) groups is 2. The molecule has 0 fully saturated rings. The van der Waals surface area contributed by atoms with E-state index in [0.29, 0.717) is 39.4 Å². The molecule has 8 heteroatoms. The van der Waals surface area contributed by atoms with Gasteiger partial charge in [-0.3, -0.25) is 9.59 Å². The number of hydrogen-bond acceptors (Lipinski definition) is 5. The third kappa shape index (κ3) is 5.10. The number of carboxylic acids is 1. The molecule has 4 rings (SSSR count). The molecule has 0 spiro atoms. The van der Waals surface area contributed by atoms with Crippen molar-refractivity contribution in [3.05, 3.63) is 82.3 Å². The van der Waals surface area contributed by atoms with E-state index < -0.39 is 5.97 Å². The average molecular weight is 481 g/mol. The molecule has 0 bridgehead atoms. The summed E-state index contributed by atoms with van der Waals surface area (Å²) in [5.41, 5.74) is 3.04. The summed E-state index contributed by atoms with van der Waals surface area (Å²) in [6, 6.07) is 19.3. The molecule has 0 unspecified atom stereocenters. The lowest BCUT2D eigenvalue weighted by atomic mass is 10.1. The maximum absolute atomic E-state index is 12.2. The summed E-state index contributed by atoms with van der Waals surface area (Å²) < 4.78 is 12.3. The molecule has 31 heavy (non-hydrogen) atoms. The van der Waals surface area contributed by atoms with Crippen molar-refractivity contribution in [2.24, 2.45) is 0 Å². The lowest BCUT2D eigenvalue weighted by Crippen LogP contribution is -2.27. The number of nitrogens with one attached hydrogen (secondary N) is 1. The molecule has 0 aliphatic carbocycles. The summed E-state index contributed by atoms with van der Waals surface area (Å²) in [5, 5.41) is 11.7. The predicted octanol–water partition coefficient (Wildman–Crippen LogP) is 4.65. The molecule has 1 aromatic heterocycles. The summed E-state index contributed by atoms with van der Waals surface area (Å²) in [6.45, 7) is 0.00442. The van der Waals surface area contributed by atoms with E-state index in [9.17, 15) is 9.59 Å². The molecular formula is C23H17BrN2O5.